The van der Waals surface area contributed by atoms with E-state index in [9.17, 15) is 16.8 Å². The van der Waals surface area contributed by atoms with E-state index in [0.717, 1.165) is 12.5 Å². The molecule has 0 unspecified atom stereocenters. The van der Waals surface area contributed by atoms with Crippen molar-refractivity contribution in [1.82, 2.24) is 4.98 Å². The summed E-state index contributed by atoms with van der Waals surface area (Å²) in [4.78, 5) is 3.83. The molecule has 0 radical (unpaired) electrons. The predicted octanol–water partition coefficient (Wildman–Crippen LogP) is 1.29. The lowest BCUT2D eigenvalue weighted by molar-refractivity contribution is 0.598. The molecule has 2 rings (SSSR count). The minimum atomic E-state index is -3.70. The van der Waals surface area contributed by atoms with Crippen LogP contribution >= 0.6 is 0 Å². The Hall–Kier alpha value is -1.93. The molecule has 0 fully saturated rings. The van der Waals surface area contributed by atoms with E-state index in [2.05, 4.69) is 9.71 Å². The summed E-state index contributed by atoms with van der Waals surface area (Å²) < 4.78 is 48.9. The summed E-state index contributed by atoms with van der Waals surface area (Å²) in [7, 11) is -7.10. The smallest absolute Gasteiger partial charge is 0.261 e. The monoisotopic (exact) mass is 312 g/mol. The standard InChI is InChI=1S/C12H12N2O4S2/c1-19(15,16)12-8-7-10(9-13-12)14-20(17,18)11-5-3-2-4-6-11/h2-9,14H,1H3. The first-order valence-electron chi connectivity index (χ1n) is 5.53. The molecule has 0 aliphatic heterocycles. The summed E-state index contributed by atoms with van der Waals surface area (Å²) in [5, 5.41) is -0.111. The maximum Gasteiger partial charge on any atom is 0.261 e. The van der Waals surface area contributed by atoms with Gasteiger partial charge in [-0.05, 0) is 24.3 Å². The van der Waals surface area contributed by atoms with E-state index in [0.29, 0.717) is 0 Å². The van der Waals surface area contributed by atoms with Crippen molar-refractivity contribution in [3.8, 4) is 0 Å². The highest BCUT2D eigenvalue weighted by Crippen LogP contribution is 2.16. The molecule has 0 spiro atoms. The summed E-state index contributed by atoms with van der Waals surface area (Å²) in [6, 6.07) is 10.4. The average molecular weight is 312 g/mol. The maximum absolute atomic E-state index is 12.0. The van der Waals surface area contributed by atoms with Gasteiger partial charge in [-0.15, -0.1) is 0 Å². The molecule has 0 aliphatic carbocycles. The van der Waals surface area contributed by atoms with Crippen molar-refractivity contribution in [2.75, 3.05) is 11.0 Å². The van der Waals surface area contributed by atoms with E-state index in [1.165, 1.54) is 24.3 Å². The van der Waals surface area contributed by atoms with E-state index in [-0.39, 0.29) is 15.6 Å². The Morgan fingerprint density at radius 2 is 1.60 bits per heavy atom. The van der Waals surface area contributed by atoms with Gasteiger partial charge in [0.05, 0.1) is 16.8 Å². The predicted molar refractivity (Wildman–Crippen MR) is 74.6 cm³/mol. The SMILES string of the molecule is CS(=O)(=O)c1ccc(NS(=O)(=O)c2ccccc2)cn1. The fourth-order valence-corrected chi connectivity index (χ4v) is 3.10. The summed E-state index contributed by atoms with van der Waals surface area (Å²) in [5.74, 6) is 0. The van der Waals surface area contributed by atoms with Gasteiger partial charge in [0.25, 0.3) is 10.0 Å². The fraction of sp³-hybridized carbons (Fsp3) is 0.0833. The number of sulfonamides is 1. The van der Waals surface area contributed by atoms with Gasteiger partial charge in [-0.2, -0.15) is 0 Å². The van der Waals surface area contributed by atoms with Gasteiger partial charge in [-0.1, -0.05) is 18.2 Å². The minimum absolute atomic E-state index is 0.111. The van der Waals surface area contributed by atoms with E-state index in [1.807, 2.05) is 0 Å². The van der Waals surface area contributed by atoms with Crippen LogP contribution in [0.4, 0.5) is 5.69 Å². The molecule has 0 saturated carbocycles. The summed E-state index contributed by atoms with van der Waals surface area (Å²) in [5.41, 5.74) is 0.196. The Labute approximate surface area is 117 Å². The zero-order valence-corrected chi connectivity index (χ0v) is 12.1. The van der Waals surface area contributed by atoms with Crippen molar-refractivity contribution in [2.24, 2.45) is 0 Å². The third-order valence-electron chi connectivity index (χ3n) is 2.42. The van der Waals surface area contributed by atoms with Crippen LogP contribution in [0.5, 0.6) is 0 Å². The number of hydrogen-bond acceptors (Lipinski definition) is 5. The number of nitrogens with one attached hydrogen (secondary N) is 1. The second-order valence-electron chi connectivity index (χ2n) is 4.08. The van der Waals surface area contributed by atoms with E-state index >= 15 is 0 Å². The molecule has 6 nitrogen and oxygen atoms in total. The number of pyridine rings is 1. The molecule has 0 bridgehead atoms. The number of benzene rings is 1. The molecule has 0 amide bonds. The van der Waals surface area contributed by atoms with Crippen LogP contribution in [0, 0.1) is 0 Å². The number of sulfone groups is 1. The van der Waals surface area contributed by atoms with Gasteiger partial charge in [-0.25, -0.2) is 21.8 Å². The van der Waals surface area contributed by atoms with Crippen molar-refractivity contribution in [3.63, 3.8) is 0 Å². The molecule has 1 heterocycles. The van der Waals surface area contributed by atoms with Gasteiger partial charge in [0.2, 0.25) is 0 Å². The highest BCUT2D eigenvalue weighted by atomic mass is 32.2. The van der Waals surface area contributed by atoms with Gasteiger partial charge >= 0.3 is 0 Å². The summed E-state index contributed by atoms with van der Waals surface area (Å²) in [6.45, 7) is 0. The zero-order chi connectivity index (χ0) is 14.8. The molecular weight excluding hydrogens is 300 g/mol. The maximum atomic E-state index is 12.0. The van der Waals surface area contributed by atoms with Gasteiger partial charge < -0.3 is 0 Å². The molecule has 106 valence electrons. The third kappa shape index (κ3) is 3.34. The Morgan fingerprint density at radius 3 is 2.10 bits per heavy atom. The molecule has 1 aromatic heterocycles. The van der Waals surface area contributed by atoms with Crippen LogP contribution in [-0.2, 0) is 19.9 Å². The van der Waals surface area contributed by atoms with Crippen LogP contribution in [0.25, 0.3) is 0 Å². The summed E-state index contributed by atoms with van der Waals surface area (Å²) in [6.07, 6.45) is 2.19. The van der Waals surface area contributed by atoms with Crippen LogP contribution in [0.2, 0.25) is 0 Å². The first-order valence-corrected chi connectivity index (χ1v) is 8.90. The molecule has 20 heavy (non-hydrogen) atoms. The molecule has 1 aromatic carbocycles. The Morgan fingerprint density at radius 1 is 0.950 bits per heavy atom. The Balaban J connectivity index is 2.27. The van der Waals surface area contributed by atoms with Gasteiger partial charge in [0.1, 0.15) is 0 Å². The van der Waals surface area contributed by atoms with Crippen LogP contribution < -0.4 is 4.72 Å². The zero-order valence-electron chi connectivity index (χ0n) is 10.5. The first kappa shape index (κ1) is 14.5. The quantitative estimate of drug-likeness (QED) is 0.918. The largest absolute Gasteiger partial charge is 0.278 e. The normalized spacial score (nSPS) is 12.1. The van der Waals surface area contributed by atoms with Crippen LogP contribution in [0.3, 0.4) is 0 Å². The van der Waals surface area contributed by atoms with Crippen LogP contribution in [0.1, 0.15) is 0 Å². The topological polar surface area (TPSA) is 93.2 Å². The van der Waals surface area contributed by atoms with Crippen molar-refractivity contribution >= 4 is 25.5 Å². The molecule has 0 saturated heterocycles. The Bertz CT molecular complexity index is 798. The lowest BCUT2D eigenvalue weighted by atomic mass is 10.4. The van der Waals surface area contributed by atoms with Crippen LogP contribution in [-0.4, -0.2) is 28.1 Å². The van der Waals surface area contributed by atoms with E-state index in [1.54, 1.807) is 18.2 Å². The molecular formula is C12H12N2O4S2. The number of rotatable bonds is 4. The second kappa shape index (κ2) is 5.22. The fourth-order valence-electron chi connectivity index (χ4n) is 1.47. The Kier molecular flexibility index (Phi) is 3.78. The molecule has 0 aliphatic rings. The number of aromatic nitrogens is 1. The average Bonchev–Trinajstić information content (AvgIpc) is 2.39. The summed E-state index contributed by atoms with van der Waals surface area (Å²) >= 11 is 0. The molecule has 0 atom stereocenters. The first-order chi connectivity index (χ1) is 9.29. The number of nitrogens with zero attached hydrogens (tertiary/aromatic N) is 1. The van der Waals surface area contributed by atoms with Gasteiger partial charge in [-0.3, -0.25) is 4.72 Å². The number of anilines is 1. The highest BCUT2D eigenvalue weighted by molar-refractivity contribution is 7.92. The molecule has 1 N–H and O–H groups in total. The van der Waals surface area contributed by atoms with Crippen LogP contribution in [0.15, 0.2) is 58.6 Å². The lowest BCUT2D eigenvalue weighted by Crippen LogP contribution is -2.13. The van der Waals surface area contributed by atoms with E-state index in [4.69, 9.17) is 0 Å². The number of hydrogen-bond donors (Lipinski definition) is 1. The molecule has 8 heteroatoms. The van der Waals surface area contributed by atoms with Crippen molar-refractivity contribution in [2.45, 2.75) is 9.92 Å². The van der Waals surface area contributed by atoms with Crippen molar-refractivity contribution in [3.05, 3.63) is 48.7 Å². The van der Waals surface area contributed by atoms with E-state index < -0.39 is 19.9 Å². The van der Waals surface area contributed by atoms with Gasteiger partial charge in [0.15, 0.2) is 14.9 Å². The van der Waals surface area contributed by atoms with Gasteiger partial charge in [0, 0.05) is 6.26 Å². The highest BCUT2D eigenvalue weighted by Gasteiger charge is 2.14. The van der Waals surface area contributed by atoms with Crippen molar-refractivity contribution in [1.29, 1.82) is 0 Å². The minimum Gasteiger partial charge on any atom is -0.278 e. The third-order valence-corrected chi connectivity index (χ3v) is 4.82. The second-order valence-corrected chi connectivity index (χ2v) is 7.72. The van der Waals surface area contributed by atoms with Crippen molar-refractivity contribution < 1.29 is 16.8 Å². The molecule has 2 aromatic rings. The lowest BCUT2D eigenvalue weighted by Gasteiger charge is -2.07.